The van der Waals surface area contributed by atoms with Crippen LogP contribution in [0.5, 0.6) is 0 Å². The molecule has 0 saturated heterocycles. The zero-order valence-corrected chi connectivity index (χ0v) is 20.2. The van der Waals surface area contributed by atoms with E-state index in [0.29, 0.717) is 27.0 Å². The molecular formula is C22H23ClN4O5S. The fourth-order valence-electron chi connectivity index (χ4n) is 3.19. The molecule has 0 spiro atoms. The van der Waals surface area contributed by atoms with Gasteiger partial charge in [-0.2, -0.15) is 0 Å². The number of H-pyrrole nitrogens is 1. The average molecular weight is 491 g/mol. The number of aryl methyl sites for hydroxylation is 2. The predicted octanol–water partition coefficient (Wildman–Crippen LogP) is 3.87. The summed E-state index contributed by atoms with van der Waals surface area (Å²) in [6.07, 6.45) is 1.52. The van der Waals surface area contributed by atoms with Gasteiger partial charge < -0.3 is 14.5 Å². The third-order valence-electron chi connectivity index (χ3n) is 4.83. The first-order valence-corrected chi connectivity index (χ1v) is 11.4. The van der Waals surface area contributed by atoms with Gasteiger partial charge in [-0.15, -0.1) is 10.2 Å². The van der Waals surface area contributed by atoms with Gasteiger partial charge in [0.05, 0.1) is 18.0 Å². The van der Waals surface area contributed by atoms with Crippen molar-refractivity contribution in [3.05, 3.63) is 57.6 Å². The summed E-state index contributed by atoms with van der Waals surface area (Å²) in [5.41, 5.74) is 3.21. The van der Waals surface area contributed by atoms with Gasteiger partial charge in [-0.3, -0.25) is 14.2 Å². The molecule has 3 rings (SSSR count). The van der Waals surface area contributed by atoms with Gasteiger partial charge >= 0.3 is 11.9 Å². The molecule has 33 heavy (non-hydrogen) atoms. The maximum Gasteiger partial charge on any atom is 0.355 e. The molecular weight excluding hydrogens is 468 g/mol. The normalized spacial score (nSPS) is 10.8. The number of aromatic nitrogens is 4. The van der Waals surface area contributed by atoms with Crippen LogP contribution in [0, 0.1) is 20.8 Å². The van der Waals surface area contributed by atoms with Crippen molar-refractivity contribution in [2.24, 2.45) is 0 Å². The highest BCUT2D eigenvalue weighted by atomic mass is 35.5. The molecule has 3 aromatic rings. The summed E-state index contributed by atoms with van der Waals surface area (Å²) in [6, 6.07) is 5.54. The second kappa shape index (κ2) is 10.7. The minimum absolute atomic E-state index is 0.0647. The number of carbonyl (C=O) groups excluding carboxylic acids is 3. The van der Waals surface area contributed by atoms with Crippen LogP contribution in [0.1, 0.15) is 44.6 Å². The fraction of sp³-hybridized carbons (Fsp3) is 0.318. The highest BCUT2D eigenvalue weighted by Gasteiger charge is 2.23. The molecule has 0 aliphatic carbocycles. The van der Waals surface area contributed by atoms with E-state index in [4.69, 9.17) is 21.1 Å². The van der Waals surface area contributed by atoms with Crippen LogP contribution in [0.2, 0.25) is 5.02 Å². The van der Waals surface area contributed by atoms with E-state index in [9.17, 15) is 14.4 Å². The maximum atomic E-state index is 12.6. The number of Topliss-reactive ketones (excluding diaryl/α,β-unsaturated/α-hetero) is 1. The van der Waals surface area contributed by atoms with Gasteiger partial charge in [-0.1, -0.05) is 29.4 Å². The smallest absolute Gasteiger partial charge is 0.355 e. The Hall–Kier alpha value is -3.11. The summed E-state index contributed by atoms with van der Waals surface area (Å²) in [5, 5.41) is 9.01. The van der Waals surface area contributed by atoms with E-state index in [-0.39, 0.29) is 18.1 Å². The van der Waals surface area contributed by atoms with Crippen molar-refractivity contribution in [1.82, 2.24) is 19.7 Å². The van der Waals surface area contributed by atoms with Crippen LogP contribution in [0.3, 0.4) is 0 Å². The first-order valence-electron chi connectivity index (χ1n) is 10.1. The number of nitrogens with one attached hydrogen (secondary N) is 1. The number of benzene rings is 1. The first-order chi connectivity index (χ1) is 15.7. The molecule has 2 heterocycles. The molecule has 0 bridgehead atoms. The molecule has 0 fully saturated rings. The Balaban J connectivity index is 1.59. The highest BCUT2D eigenvalue weighted by Crippen LogP contribution is 2.24. The molecule has 0 radical (unpaired) electrons. The van der Waals surface area contributed by atoms with Crippen molar-refractivity contribution < 1.29 is 23.9 Å². The standard InChI is InChI=1S/C22H23ClN4O5S/c1-5-31-21(30)20-13(3)19(14(4)25-20)17(28)9-32-18(29)10-33-22-26-24-11-27(22)15-7-6-12(2)16(23)8-15/h6-8,11,25H,5,9-10H2,1-4H3. The molecule has 0 unspecified atom stereocenters. The van der Waals surface area contributed by atoms with Crippen LogP contribution < -0.4 is 0 Å². The van der Waals surface area contributed by atoms with Gasteiger partial charge in [0.2, 0.25) is 5.78 Å². The zero-order valence-electron chi connectivity index (χ0n) is 18.6. The van der Waals surface area contributed by atoms with Crippen molar-refractivity contribution in [1.29, 1.82) is 0 Å². The van der Waals surface area contributed by atoms with E-state index in [2.05, 4.69) is 15.2 Å². The van der Waals surface area contributed by atoms with Crippen molar-refractivity contribution in [2.45, 2.75) is 32.9 Å². The number of nitrogens with zero attached hydrogens (tertiary/aromatic N) is 3. The van der Waals surface area contributed by atoms with E-state index >= 15 is 0 Å². The number of hydrogen-bond donors (Lipinski definition) is 1. The SMILES string of the molecule is CCOC(=O)c1[nH]c(C)c(C(=O)COC(=O)CSc2nncn2-c2ccc(C)c(Cl)c2)c1C. The fourth-order valence-corrected chi connectivity index (χ4v) is 4.09. The number of ether oxygens (including phenoxy) is 2. The summed E-state index contributed by atoms with van der Waals surface area (Å²) in [5.74, 6) is -1.59. The number of aromatic amines is 1. The summed E-state index contributed by atoms with van der Waals surface area (Å²) in [7, 11) is 0. The maximum absolute atomic E-state index is 12.6. The number of thioether (sulfide) groups is 1. The van der Waals surface area contributed by atoms with Gasteiger partial charge in [0.1, 0.15) is 12.0 Å². The number of esters is 2. The number of halogens is 1. The Morgan fingerprint density at radius 2 is 1.94 bits per heavy atom. The largest absolute Gasteiger partial charge is 0.461 e. The number of carbonyl (C=O) groups is 3. The molecule has 174 valence electrons. The monoisotopic (exact) mass is 490 g/mol. The minimum atomic E-state index is -0.582. The zero-order chi connectivity index (χ0) is 24.1. The van der Waals surface area contributed by atoms with E-state index in [1.54, 1.807) is 31.4 Å². The van der Waals surface area contributed by atoms with Crippen molar-refractivity contribution in [3.63, 3.8) is 0 Å². The molecule has 2 aromatic heterocycles. The van der Waals surface area contributed by atoms with Crippen molar-refractivity contribution in [2.75, 3.05) is 19.0 Å². The van der Waals surface area contributed by atoms with Crippen LogP contribution in [0.15, 0.2) is 29.7 Å². The molecule has 0 amide bonds. The lowest BCUT2D eigenvalue weighted by Gasteiger charge is -2.08. The third kappa shape index (κ3) is 5.63. The molecule has 0 aliphatic heterocycles. The van der Waals surface area contributed by atoms with Crippen LogP contribution in [-0.2, 0) is 14.3 Å². The minimum Gasteiger partial charge on any atom is -0.461 e. The average Bonchev–Trinajstić information content (AvgIpc) is 3.36. The topological polar surface area (TPSA) is 116 Å². The Labute approximate surface area is 199 Å². The quantitative estimate of drug-likeness (QED) is 0.273. The number of hydrogen-bond acceptors (Lipinski definition) is 8. The van der Waals surface area contributed by atoms with E-state index in [1.807, 2.05) is 19.1 Å². The highest BCUT2D eigenvalue weighted by molar-refractivity contribution is 7.99. The van der Waals surface area contributed by atoms with Crippen LogP contribution >= 0.6 is 23.4 Å². The van der Waals surface area contributed by atoms with Gasteiger partial charge in [0.25, 0.3) is 0 Å². The van der Waals surface area contributed by atoms with Gasteiger partial charge in [0, 0.05) is 16.3 Å². The molecule has 9 nitrogen and oxygen atoms in total. The Kier molecular flexibility index (Phi) is 7.93. The third-order valence-corrected chi connectivity index (χ3v) is 6.15. The molecule has 1 aromatic carbocycles. The lowest BCUT2D eigenvalue weighted by Crippen LogP contribution is -2.17. The molecule has 1 N–H and O–H groups in total. The Morgan fingerprint density at radius 3 is 2.64 bits per heavy atom. The lowest BCUT2D eigenvalue weighted by molar-refractivity contribution is -0.139. The Bertz CT molecular complexity index is 1200. The predicted molar refractivity (Wildman–Crippen MR) is 123 cm³/mol. The summed E-state index contributed by atoms with van der Waals surface area (Å²) < 4.78 is 11.8. The van der Waals surface area contributed by atoms with Crippen LogP contribution in [0.4, 0.5) is 0 Å². The van der Waals surface area contributed by atoms with Gasteiger partial charge in [-0.25, -0.2) is 4.79 Å². The summed E-state index contributed by atoms with van der Waals surface area (Å²) >= 11 is 7.32. The Morgan fingerprint density at radius 1 is 1.18 bits per heavy atom. The summed E-state index contributed by atoms with van der Waals surface area (Å²) in [4.78, 5) is 39.7. The van der Waals surface area contributed by atoms with Gasteiger partial charge in [0.15, 0.2) is 11.8 Å². The second-order valence-corrected chi connectivity index (χ2v) is 8.48. The summed E-state index contributed by atoms with van der Waals surface area (Å²) in [6.45, 7) is 6.70. The van der Waals surface area contributed by atoms with Crippen molar-refractivity contribution in [3.8, 4) is 5.69 Å². The van der Waals surface area contributed by atoms with E-state index in [1.165, 1.54) is 6.33 Å². The number of rotatable bonds is 9. The van der Waals surface area contributed by atoms with Gasteiger partial charge in [-0.05, 0) is 51.0 Å². The van der Waals surface area contributed by atoms with E-state index in [0.717, 1.165) is 23.0 Å². The molecule has 11 heteroatoms. The van der Waals surface area contributed by atoms with Crippen LogP contribution in [-0.4, -0.2) is 56.4 Å². The lowest BCUT2D eigenvalue weighted by atomic mass is 10.1. The molecule has 0 saturated carbocycles. The first kappa shape index (κ1) is 24.5. The number of ketones is 1. The van der Waals surface area contributed by atoms with E-state index < -0.39 is 24.3 Å². The van der Waals surface area contributed by atoms with Crippen LogP contribution in [0.25, 0.3) is 5.69 Å². The van der Waals surface area contributed by atoms with Crippen molar-refractivity contribution >= 4 is 41.1 Å². The molecule has 0 aliphatic rings. The molecule has 0 atom stereocenters. The second-order valence-electron chi connectivity index (χ2n) is 7.14.